The molecule has 0 aliphatic rings. The van der Waals surface area contributed by atoms with Gasteiger partial charge in [-0.2, -0.15) is 0 Å². The van der Waals surface area contributed by atoms with Crippen LogP contribution in [0.15, 0.2) is 36.5 Å². The second kappa shape index (κ2) is 52.3. The minimum absolute atomic E-state index is 0.0689. The quantitative estimate of drug-likeness (QED) is 0.0262. The molecule has 0 radical (unpaired) electrons. The summed E-state index contributed by atoms with van der Waals surface area (Å²) in [4.78, 5) is 37.6. The van der Waals surface area contributed by atoms with Gasteiger partial charge in [-0.05, 0) is 57.8 Å². The molecule has 6 nitrogen and oxygen atoms in total. The Labute approximate surface area is 391 Å². The third-order valence-electron chi connectivity index (χ3n) is 12.1. The van der Waals surface area contributed by atoms with Crippen molar-refractivity contribution in [2.75, 3.05) is 13.2 Å². The number of unbranched alkanes of at least 4 members (excludes halogenated alkanes) is 33. The van der Waals surface area contributed by atoms with Gasteiger partial charge in [0.25, 0.3) is 0 Å². The van der Waals surface area contributed by atoms with E-state index in [0.717, 1.165) is 77.0 Å². The highest BCUT2D eigenvalue weighted by Gasteiger charge is 2.19. The third-order valence-corrected chi connectivity index (χ3v) is 12.1. The van der Waals surface area contributed by atoms with Gasteiger partial charge in [-0.3, -0.25) is 14.4 Å². The Bertz CT molecular complexity index is 1060. The van der Waals surface area contributed by atoms with E-state index in [0.29, 0.717) is 19.3 Å². The lowest BCUT2D eigenvalue weighted by Gasteiger charge is -2.18. The summed E-state index contributed by atoms with van der Waals surface area (Å²) in [7, 11) is 0. The van der Waals surface area contributed by atoms with Crippen molar-refractivity contribution in [3.8, 4) is 0 Å². The Morgan fingerprint density at radius 3 is 0.889 bits per heavy atom. The molecule has 0 aromatic rings. The zero-order chi connectivity index (χ0) is 45.8. The van der Waals surface area contributed by atoms with Crippen LogP contribution in [-0.4, -0.2) is 37.2 Å². The van der Waals surface area contributed by atoms with Crippen LogP contribution in [0.25, 0.3) is 0 Å². The monoisotopic (exact) mass is 885 g/mol. The van der Waals surface area contributed by atoms with Crippen molar-refractivity contribution in [1.82, 2.24) is 0 Å². The van der Waals surface area contributed by atoms with E-state index < -0.39 is 6.10 Å². The number of carbonyl (C=O) groups is 3. The fourth-order valence-corrected chi connectivity index (χ4v) is 7.98. The van der Waals surface area contributed by atoms with E-state index in [2.05, 4.69) is 57.2 Å². The van der Waals surface area contributed by atoms with E-state index in [1.165, 1.54) is 173 Å². The second-order valence-electron chi connectivity index (χ2n) is 18.5. The van der Waals surface area contributed by atoms with Gasteiger partial charge in [0.1, 0.15) is 13.2 Å². The van der Waals surface area contributed by atoms with Crippen molar-refractivity contribution in [3.05, 3.63) is 36.5 Å². The normalized spacial score (nSPS) is 12.2. The second-order valence-corrected chi connectivity index (χ2v) is 18.5. The molecule has 0 fully saturated rings. The number of rotatable bonds is 50. The molecule has 0 aliphatic heterocycles. The van der Waals surface area contributed by atoms with Crippen molar-refractivity contribution < 1.29 is 28.6 Å². The highest BCUT2D eigenvalue weighted by atomic mass is 16.6. The maximum Gasteiger partial charge on any atom is 0.306 e. The SMILES string of the molecule is CCCCCCC/C=C\C/C=C\C/C=C\CCCCCCCCCCCCCCCCC(=O)OCC(COC(=O)CCCCCCC)OC(=O)CCCCCCCCCCCCC. The molecule has 368 valence electrons. The highest BCUT2D eigenvalue weighted by molar-refractivity contribution is 5.71. The molecule has 0 amide bonds. The van der Waals surface area contributed by atoms with Gasteiger partial charge in [0.15, 0.2) is 6.10 Å². The largest absolute Gasteiger partial charge is 0.462 e. The molecule has 0 aliphatic carbocycles. The molecule has 0 bridgehead atoms. The van der Waals surface area contributed by atoms with Crippen LogP contribution in [0.2, 0.25) is 0 Å². The number of hydrogen-bond donors (Lipinski definition) is 0. The number of allylic oxidation sites excluding steroid dienone is 6. The maximum atomic E-state index is 12.7. The maximum absolute atomic E-state index is 12.7. The Morgan fingerprint density at radius 1 is 0.317 bits per heavy atom. The minimum atomic E-state index is -0.763. The number of esters is 3. The molecule has 0 spiro atoms. The molecule has 0 N–H and O–H groups in total. The zero-order valence-corrected chi connectivity index (χ0v) is 42.1. The van der Waals surface area contributed by atoms with Crippen molar-refractivity contribution in [2.24, 2.45) is 0 Å². The van der Waals surface area contributed by atoms with Gasteiger partial charge >= 0.3 is 17.9 Å². The van der Waals surface area contributed by atoms with Crippen molar-refractivity contribution >= 4 is 17.9 Å². The topological polar surface area (TPSA) is 78.9 Å². The average molecular weight is 885 g/mol. The van der Waals surface area contributed by atoms with Gasteiger partial charge in [-0.25, -0.2) is 0 Å². The summed E-state index contributed by atoms with van der Waals surface area (Å²) < 4.78 is 16.7. The van der Waals surface area contributed by atoms with Crippen LogP contribution < -0.4 is 0 Å². The van der Waals surface area contributed by atoms with Crippen LogP contribution in [0.3, 0.4) is 0 Å². The molecule has 6 heteroatoms. The number of hydrogen-bond acceptors (Lipinski definition) is 6. The summed E-state index contributed by atoms with van der Waals surface area (Å²) in [6, 6.07) is 0. The van der Waals surface area contributed by atoms with E-state index in [1.807, 2.05) is 0 Å². The van der Waals surface area contributed by atoms with Crippen molar-refractivity contribution in [2.45, 2.75) is 297 Å². The fourth-order valence-electron chi connectivity index (χ4n) is 7.98. The van der Waals surface area contributed by atoms with Gasteiger partial charge in [0.05, 0.1) is 0 Å². The smallest absolute Gasteiger partial charge is 0.306 e. The summed E-state index contributed by atoms with van der Waals surface area (Å²) in [6.07, 6.45) is 61.9. The predicted molar refractivity (Wildman–Crippen MR) is 270 cm³/mol. The van der Waals surface area contributed by atoms with Crippen molar-refractivity contribution in [1.29, 1.82) is 0 Å². The van der Waals surface area contributed by atoms with E-state index in [9.17, 15) is 14.4 Å². The van der Waals surface area contributed by atoms with Gasteiger partial charge < -0.3 is 14.2 Å². The van der Waals surface area contributed by atoms with Crippen LogP contribution in [0.1, 0.15) is 290 Å². The molecule has 0 saturated heterocycles. The highest BCUT2D eigenvalue weighted by Crippen LogP contribution is 2.16. The molecule has 0 saturated carbocycles. The summed E-state index contributed by atoms with van der Waals surface area (Å²) in [6.45, 7) is 6.56. The first-order valence-corrected chi connectivity index (χ1v) is 27.5. The number of carbonyl (C=O) groups excluding carboxylic acids is 3. The first kappa shape index (κ1) is 60.6. The molecule has 1 unspecified atom stereocenters. The predicted octanol–water partition coefficient (Wildman–Crippen LogP) is 18.1. The van der Waals surface area contributed by atoms with Gasteiger partial charge in [0.2, 0.25) is 0 Å². The standard InChI is InChI=1S/C57H104O6/c1-4-7-10-13-15-17-19-20-21-22-23-24-25-26-27-28-29-30-31-32-33-34-35-36-38-39-41-44-47-50-56(59)62-53-54(52-61-55(58)49-46-43-12-9-6-3)63-57(60)51-48-45-42-40-37-18-16-14-11-8-5-2/h19-20,22-23,25-26,54H,4-18,21,24,27-53H2,1-3H3/b20-19-,23-22-,26-25-. The van der Waals surface area contributed by atoms with E-state index in [1.54, 1.807) is 0 Å². The van der Waals surface area contributed by atoms with Crippen LogP contribution >= 0.6 is 0 Å². The molecular formula is C57H104O6. The average Bonchev–Trinajstić information content (AvgIpc) is 3.28. The molecule has 0 rings (SSSR count). The molecule has 0 heterocycles. The lowest BCUT2D eigenvalue weighted by Crippen LogP contribution is -2.30. The van der Waals surface area contributed by atoms with Gasteiger partial charge in [0, 0.05) is 19.3 Å². The van der Waals surface area contributed by atoms with E-state index in [4.69, 9.17) is 14.2 Å². The Morgan fingerprint density at radius 2 is 0.571 bits per heavy atom. The first-order chi connectivity index (χ1) is 31.0. The summed E-state index contributed by atoms with van der Waals surface area (Å²) >= 11 is 0. The Hall–Kier alpha value is -2.37. The third kappa shape index (κ3) is 50.5. The van der Waals surface area contributed by atoms with E-state index in [-0.39, 0.29) is 31.1 Å². The molecule has 1 atom stereocenters. The van der Waals surface area contributed by atoms with Crippen LogP contribution in [0.4, 0.5) is 0 Å². The van der Waals surface area contributed by atoms with E-state index >= 15 is 0 Å². The summed E-state index contributed by atoms with van der Waals surface area (Å²) in [5, 5.41) is 0. The molecule has 63 heavy (non-hydrogen) atoms. The minimum Gasteiger partial charge on any atom is -0.462 e. The summed E-state index contributed by atoms with van der Waals surface area (Å²) in [5.74, 6) is -0.874. The first-order valence-electron chi connectivity index (χ1n) is 27.5. The fraction of sp³-hybridized carbons (Fsp3) is 0.842. The summed E-state index contributed by atoms with van der Waals surface area (Å²) in [5.41, 5.74) is 0. The Kier molecular flexibility index (Phi) is 50.3. The Balaban J connectivity index is 3.94. The van der Waals surface area contributed by atoms with Crippen LogP contribution in [-0.2, 0) is 28.6 Å². The van der Waals surface area contributed by atoms with Gasteiger partial charge in [-0.15, -0.1) is 0 Å². The van der Waals surface area contributed by atoms with Crippen molar-refractivity contribution in [3.63, 3.8) is 0 Å². The molecule has 0 aromatic carbocycles. The van der Waals surface area contributed by atoms with Crippen LogP contribution in [0, 0.1) is 0 Å². The zero-order valence-electron chi connectivity index (χ0n) is 42.1. The number of ether oxygens (including phenoxy) is 3. The van der Waals surface area contributed by atoms with Crippen LogP contribution in [0.5, 0.6) is 0 Å². The lowest BCUT2D eigenvalue weighted by atomic mass is 10.0. The molecule has 0 aromatic heterocycles. The van der Waals surface area contributed by atoms with Gasteiger partial charge in [-0.1, -0.05) is 250 Å². The molecular weight excluding hydrogens is 781 g/mol. The lowest BCUT2D eigenvalue weighted by molar-refractivity contribution is -0.167.